The maximum absolute atomic E-state index is 6.23. The molecule has 4 saturated carbocycles. The Balaban J connectivity index is 1.30. The van der Waals surface area contributed by atoms with Gasteiger partial charge in [0.15, 0.2) is 0 Å². The minimum atomic E-state index is 0.613. The number of ether oxygens (including phenoxy) is 1. The topological polar surface area (TPSA) is 21.3 Å². The third-order valence-electron chi connectivity index (χ3n) is 6.39. The summed E-state index contributed by atoms with van der Waals surface area (Å²) in [5.74, 6) is 4.02. The van der Waals surface area contributed by atoms with Crippen molar-refractivity contribution in [3.05, 3.63) is 0 Å². The van der Waals surface area contributed by atoms with Gasteiger partial charge in [-0.2, -0.15) is 0 Å². The van der Waals surface area contributed by atoms with Gasteiger partial charge in [-0.25, -0.2) is 0 Å². The Bertz CT molecular complexity index is 286. The van der Waals surface area contributed by atoms with Crippen molar-refractivity contribution in [2.45, 2.75) is 51.4 Å². The molecule has 0 spiro atoms. The standard InChI is InChI=1S/C17H29NO/c1-3-18-4-2-13(1)11-19-12-17-8-14-5-15(9-17)7-16(6-14)10-17/h13-16,18H,1-12H2. The number of rotatable bonds is 4. The van der Waals surface area contributed by atoms with Crippen LogP contribution in [0, 0.1) is 29.1 Å². The SMILES string of the molecule is C1CC(COCC23CC4CC(CC(C4)C2)C3)CCN1. The lowest BCUT2D eigenvalue weighted by atomic mass is 9.50. The predicted octanol–water partition coefficient (Wildman–Crippen LogP) is 3.22. The van der Waals surface area contributed by atoms with E-state index >= 15 is 0 Å². The maximum atomic E-state index is 6.23. The van der Waals surface area contributed by atoms with Crippen molar-refractivity contribution in [2.24, 2.45) is 29.1 Å². The average Bonchev–Trinajstić information content (AvgIpc) is 2.38. The second-order valence-electron chi connectivity index (χ2n) is 8.13. The first-order valence-electron chi connectivity index (χ1n) is 8.60. The highest BCUT2D eigenvalue weighted by Gasteiger charge is 2.50. The fourth-order valence-electron chi connectivity index (χ4n) is 5.96. The van der Waals surface area contributed by atoms with Crippen molar-refractivity contribution in [1.82, 2.24) is 5.32 Å². The van der Waals surface area contributed by atoms with E-state index in [-0.39, 0.29) is 0 Å². The van der Waals surface area contributed by atoms with Crippen LogP contribution in [0.15, 0.2) is 0 Å². The average molecular weight is 263 g/mol. The van der Waals surface area contributed by atoms with Gasteiger partial charge in [-0.15, -0.1) is 0 Å². The number of piperidine rings is 1. The molecule has 0 radical (unpaired) electrons. The first-order chi connectivity index (χ1) is 9.31. The number of hydrogen-bond acceptors (Lipinski definition) is 2. The Labute approximate surface area is 117 Å². The lowest BCUT2D eigenvalue weighted by Gasteiger charge is -2.56. The van der Waals surface area contributed by atoms with Crippen molar-refractivity contribution in [2.75, 3.05) is 26.3 Å². The van der Waals surface area contributed by atoms with Gasteiger partial charge in [0.1, 0.15) is 0 Å². The highest BCUT2D eigenvalue weighted by molar-refractivity contribution is 5.01. The molecule has 19 heavy (non-hydrogen) atoms. The summed E-state index contributed by atoms with van der Waals surface area (Å²) in [6.45, 7) is 4.51. The van der Waals surface area contributed by atoms with E-state index in [2.05, 4.69) is 5.32 Å². The molecule has 1 heterocycles. The molecule has 1 aliphatic heterocycles. The minimum absolute atomic E-state index is 0.613. The van der Waals surface area contributed by atoms with Crippen LogP contribution in [0.2, 0.25) is 0 Å². The highest BCUT2D eigenvalue weighted by atomic mass is 16.5. The quantitative estimate of drug-likeness (QED) is 0.841. The fraction of sp³-hybridized carbons (Fsp3) is 1.00. The molecule has 1 N–H and O–H groups in total. The zero-order valence-electron chi connectivity index (χ0n) is 12.2. The molecule has 4 bridgehead atoms. The summed E-state index contributed by atoms with van der Waals surface area (Å²) < 4.78 is 6.23. The van der Waals surface area contributed by atoms with Crippen LogP contribution in [0.4, 0.5) is 0 Å². The summed E-state index contributed by atoms with van der Waals surface area (Å²) in [5.41, 5.74) is 0.613. The molecule has 4 aliphatic carbocycles. The van der Waals surface area contributed by atoms with E-state index in [0.717, 1.165) is 36.9 Å². The van der Waals surface area contributed by atoms with Crippen molar-refractivity contribution >= 4 is 0 Å². The molecule has 1 saturated heterocycles. The van der Waals surface area contributed by atoms with Gasteiger partial charge < -0.3 is 10.1 Å². The van der Waals surface area contributed by atoms with Gasteiger partial charge in [0.25, 0.3) is 0 Å². The molecule has 0 aromatic rings. The Morgan fingerprint density at radius 2 is 1.47 bits per heavy atom. The zero-order chi connectivity index (χ0) is 12.7. The summed E-state index contributed by atoms with van der Waals surface area (Å²) in [4.78, 5) is 0. The lowest BCUT2D eigenvalue weighted by molar-refractivity contribution is -0.101. The van der Waals surface area contributed by atoms with Crippen LogP contribution >= 0.6 is 0 Å². The highest BCUT2D eigenvalue weighted by Crippen LogP contribution is 2.60. The van der Waals surface area contributed by atoms with Crippen LogP contribution in [0.1, 0.15) is 51.4 Å². The van der Waals surface area contributed by atoms with E-state index in [0.29, 0.717) is 5.41 Å². The molecule has 5 fully saturated rings. The summed E-state index contributed by atoms with van der Waals surface area (Å²) in [7, 11) is 0. The van der Waals surface area contributed by atoms with Gasteiger partial charge in [0.05, 0.1) is 6.61 Å². The summed E-state index contributed by atoms with van der Waals surface area (Å²) in [5, 5.41) is 3.44. The molecule has 108 valence electrons. The van der Waals surface area contributed by atoms with Crippen molar-refractivity contribution in [3.63, 3.8) is 0 Å². The Morgan fingerprint density at radius 1 is 0.895 bits per heavy atom. The molecule has 2 nitrogen and oxygen atoms in total. The van der Waals surface area contributed by atoms with E-state index in [1.807, 2.05) is 0 Å². The fourth-order valence-corrected chi connectivity index (χ4v) is 5.96. The Morgan fingerprint density at radius 3 is 2.05 bits per heavy atom. The second-order valence-corrected chi connectivity index (χ2v) is 8.13. The molecule has 2 heteroatoms. The molecule has 0 unspecified atom stereocenters. The first kappa shape index (κ1) is 12.6. The lowest BCUT2D eigenvalue weighted by Crippen LogP contribution is -2.48. The monoisotopic (exact) mass is 263 g/mol. The smallest absolute Gasteiger partial charge is 0.0522 e. The van der Waals surface area contributed by atoms with E-state index in [1.165, 1.54) is 45.2 Å². The molecule has 0 atom stereocenters. The Hall–Kier alpha value is -0.0800. The Kier molecular flexibility index (Phi) is 3.35. The molecule has 0 aromatic carbocycles. The van der Waals surface area contributed by atoms with Crippen molar-refractivity contribution in [3.8, 4) is 0 Å². The molecular weight excluding hydrogens is 234 g/mol. The first-order valence-corrected chi connectivity index (χ1v) is 8.60. The summed E-state index contributed by atoms with van der Waals surface area (Å²) in [6, 6.07) is 0. The largest absolute Gasteiger partial charge is 0.381 e. The van der Waals surface area contributed by atoms with E-state index < -0.39 is 0 Å². The normalized spacial score (nSPS) is 45.8. The number of hydrogen-bond donors (Lipinski definition) is 1. The van der Waals surface area contributed by atoms with Crippen molar-refractivity contribution in [1.29, 1.82) is 0 Å². The van der Waals surface area contributed by atoms with E-state index in [4.69, 9.17) is 4.74 Å². The van der Waals surface area contributed by atoms with Crippen LogP contribution < -0.4 is 5.32 Å². The second kappa shape index (κ2) is 5.04. The summed E-state index contributed by atoms with van der Waals surface area (Å²) >= 11 is 0. The molecule has 0 aromatic heterocycles. The number of nitrogens with one attached hydrogen (secondary N) is 1. The van der Waals surface area contributed by atoms with Crippen LogP contribution in [0.3, 0.4) is 0 Å². The van der Waals surface area contributed by atoms with Crippen molar-refractivity contribution < 1.29 is 4.74 Å². The molecule has 5 rings (SSSR count). The van der Waals surface area contributed by atoms with Crippen LogP contribution in [0.5, 0.6) is 0 Å². The van der Waals surface area contributed by atoms with E-state index in [1.54, 1.807) is 19.3 Å². The molecular formula is C17H29NO. The van der Waals surface area contributed by atoms with Gasteiger partial charge in [-0.1, -0.05) is 0 Å². The van der Waals surface area contributed by atoms with Gasteiger partial charge in [0.2, 0.25) is 0 Å². The molecule has 0 amide bonds. The third kappa shape index (κ3) is 2.58. The summed E-state index contributed by atoms with van der Waals surface area (Å²) in [6.07, 6.45) is 11.8. The maximum Gasteiger partial charge on any atom is 0.0522 e. The van der Waals surface area contributed by atoms with Crippen LogP contribution in [0.25, 0.3) is 0 Å². The third-order valence-corrected chi connectivity index (χ3v) is 6.39. The zero-order valence-corrected chi connectivity index (χ0v) is 12.2. The molecule has 5 aliphatic rings. The van der Waals surface area contributed by atoms with Gasteiger partial charge >= 0.3 is 0 Å². The van der Waals surface area contributed by atoms with Gasteiger partial charge in [-0.3, -0.25) is 0 Å². The van der Waals surface area contributed by atoms with Crippen LogP contribution in [-0.4, -0.2) is 26.3 Å². The van der Waals surface area contributed by atoms with Gasteiger partial charge in [-0.05, 0) is 93.5 Å². The van der Waals surface area contributed by atoms with E-state index in [9.17, 15) is 0 Å². The van der Waals surface area contributed by atoms with Crippen LogP contribution in [-0.2, 0) is 4.74 Å². The predicted molar refractivity (Wildman–Crippen MR) is 77.0 cm³/mol. The minimum Gasteiger partial charge on any atom is -0.381 e. The van der Waals surface area contributed by atoms with Gasteiger partial charge in [0, 0.05) is 6.61 Å².